The third-order valence-corrected chi connectivity index (χ3v) is 4.95. The average Bonchev–Trinajstić information content (AvgIpc) is 3.31. The zero-order chi connectivity index (χ0) is 17.4. The Labute approximate surface area is 145 Å². The first-order valence-electron chi connectivity index (χ1n) is 8.63. The zero-order valence-electron chi connectivity index (χ0n) is 13.8. The number of fused-ring (bicyclic) bond motifs is 1. The Morgan fingerprint density at radius 2 is 2.16 bits per heavy atom. The first kappa shape index (κ1) is 16.0. The van der Waals surface area contributed by atoms with Gasteiger partial charge < -0.3 is 10.4 Å². The highest BCUT2D eigenvalue weighted by Gasteiger charge is 2.29. The summed E-state index contributed by atoms with van der Waals surface area (Å²) in [4.78, 5) is 12.7. The second kappa shape index (κ2) is 6.44. The van der Waals surface area contributed by atoms with Crippen LogP contribution in [0.4, 0.5) is 4.39 Å². The minimum absolute atomic E-state index is 0.0835. The van der Waals surface area contributed by atoms with Crippen molar-refractivity contribution in [1.82, 2.24) is 15.1 Å². The lowest BCUT2D eigenvalue weighted by Gasteiger charge is -2.12. The summed E-state index contributed by atoms with van der Waals surface area (Å²) in [5, 5.41) is 16.6. The number of para-hydroxylation sites is 1. The maximum Gasteiger partial charge on any atom is 0.272 e. The molecule has 2 atom stereocenters. The highest BCUT2D eigenvalue weighted by atomic mass is 19.1. The number of halogens is 1. The van der Waals surface area contributed by atoms with E-state index in [1.165, 1.54) is 6.07 Å². The summed E-state index contributed by atoms with van der Waals surface area (Å²) in [6, 6.07) is 6.38. The van der Waals surface area contributed by atoms with E-state index >= 15 is 0 Å². The van der Waals surface area contributed by atoms with Crippen LogP contribution in [0.25, 0.3) is 5.69 Å². The van der Waals surface area contributed by atoms with Gasteiger partial charge in [0, 0.05) is 29.8 Å². The highest BCUT2D eigenvalue weighted by Crippen LogP contribution is 2.29. The molecular weight excluding hydrogens is 321 g/mol. The quantitative estimate of drug-likeness (QED) is 0.838. The van der Waals surface area contributed by atoms with Gasteiger partial charge in [-0.3, -0.25) is 4.79 Å². The molecule has 4 rings (SSSR count). The molecule has 2 aliphatic carbocycles. The Morgan fingerprint density at radius 3 is 2.92 bits per heavy atom. The number of hydrogen-bond donors (Lipinski definition) is 2. The molecule has 2 N–H and O–H groups in total. The van der Waals surface area contributed by atoms with Crippen LogP contribution in [0.5, 0.6) is 0 Å². The molecule has 0 spiro atoms. The van der Waals surface area contributed by atoms with E-state index in [1.807, 2.05) is 12.2 Å². The van der Waals surface area contributed by atoms with Crippen LogP contribution in [-0.4, -0.2) is 33.4 Å². The van der Waals surface area contributed by atoms with E-state index in [0.717, 1.165) is 30.5 Å². The summed E-state index contributed by atoms with van der Waals surface area (Å²) >= 11 is 0. The standard InChI is InChI=1S/C19H20FN3O2/c20-15-5-1-2-6-17(15)23-16-7-3-4-14(16)18(22-23)19(25)21-13-9-8-12(10-13)11-24/h1-2,5-6,8-9,12-13,24H,3-4,7,10-11H2,(H,21,25)/t12-,13+/m0/s1. The Morgan fingerprint density at radius 1 is 1.32 bits per heavy atom. The molecule has 0 saturated heterocycles. The van der Waals surface area contributed by atoms with Gasteiger partial charge in [-0.25, -0.2) is 9.07 Å². The molecule has 5 nitrogen and oxygen atoms in total. The van der Waals surface area contributed by atoms with E-state index < -0.39 is 0 Å². The van der Waals surface area contributed by atoms with Crippen molar-refractivity contribution in [2.75, 3.05) is 6.61 Å². The van der Waals surface area contributed by atoms with E-state index in [2.05, 4.69) is 10.4 Å². The van der Waals surface area contributed by atoms with Gasteiger partial charge >= 0.3 is 0 Å². The normalized spacial score (nSPS) is 21.5. The third kappa shape index (κ3) is 2.87. The second-order valence-corrected chi connectivity index (χ2v) is 6.63. The number of aromatic nitrogens is 2. The SMILES string of the molecule is O=C(N[C@@H]1C=C[C@H](CO)C1)c1nn(-c2ccccc2F)c2c1CCC2. The van der Waals surface area contributed by atoms with Gasteiger partial charge in [-0.15, -0.1) is 0 Å². The van der Waals surface area contributed by atoms with Gasteiger partial charge in [0.05, 0.1) is 0 Å². The first-order valence-corrected chi connectivity index (χ1v) is 8.63. The van der Waals surface area contributed by atoms with Gasteiger partial charge in [-0.2, -0.15) is 5.10 Å². The van der Waals surface area contributed by atoms with Crippen LogP contribution >= 0.6 is 0 Å². The molecular formula is C19H20FN3O2. The molecule has 0 unspecified atom stereocenters. The molecule has 130 valence electrons. The van der Waals surface area contributed by atoms with E-state index in [1.54, 1.807) is 22.9 Å². The molecule has 0 saturated carbocycles. The van der Waals surface area contributed by atoms with Crippen LogP contribution in [0.15, 0.2) is 36.4 Å². The van der Waals surface area contributed by atoms with Crippen LogP contribution < -0.4 is 5.32 Å². The summed E-state index contributed by atoms with van der Waals surface area (Å²) < 4.78 is 15.7. The van der Waals surface area contributed by atoms with Gasteiger partial charge in [0.15, 0.2) is 5.69 Å². The molecule has 0 aliphatic heterocycles. The molecule has 6 heteroatoms. The predicted octanol–water partition coefficient (Wildman–Crippen LogP) is 2.17. The van der Waals surface area contributed by atoms with E-state index in [4.69, 9.17) is 0 Å². The zero-order valence-corrected chi connectivity index (χ0v) is 13.8. The fourth-order valence-electron chi connectivity index (χ4n) is 3.70. The molecule has 1 amide bonds. The summed E-state index contributed by atoms with van der Waals surface area (Å²) in [5.41, 5.74) is 2.60. The minimum atomic E-state index is -0.351. The van der Waals surface area contributed by atoms with Crippen molar-refractivity contribution in [3.05, 3.63) is 59.2 Å². The van der Waals surface area contributed by atoms with Crippen LogP contribution in [0, 0.1) is 11.7 Å². The van der Waals surface area contributed by atoms with Crippen molar-refractivity contribution in [3.8, 4) is 5.69 Å². The van der Waals surface area contributed by atoms with Crippen LogP contribution in [0.2, 0.25) is 0 Å². The number of nitrogens with zero attached hydrogens (tertiary/aromatic N) is 2. The Bertz CT molecular complexity index is 843. The van der Waals surface area contributed by atoms with Gasteiger partial charge in [-0.05, 0) is 37.8 Å². The number of carbonyl (C=O) groups excluding carboxylic acids is 1. The van der Waals surface area contributed by atoms with Crippen molar-refractivity contribution in [3.63, 3.8) is 0 Å². The maximum absolute atomic E-state index is 14.2. The number of aliphatic hydroxyl groups excluding tert-OH is 1. The van der Waals surface area contributed by atoms with Gasteiger partial charge in [0.2, 0.25) is 0 Å². The third-order valence-electron chi connectivity index (χ3n) is 4.95. The van der Waals surface area contributed by atoms with Gasteiger partial charge in [0.25, 0.3) is 5.91 Å². The molecule has 2 aliphatic rings. The Balaban J connectivity index is 1.63. The van der Waals surface area contributed by atoms with Crippen molar-refractivity contribution in [1.29, 1.82) is 0 Å². The van der Waals surface area contributed by atoms with Gasteiger partial charge in [-0.1, -0.05) is 24.3 Å². The van der Waals surface area contributed by atoms with E-state index in [0.29, 0.717) is 17.8 Å². The summed E-state index contributed by atoms with van der Waals surface area (Å²) in [7, 11) is 0. The Hall–Kier alpha value is -2.47. The number of aliphatic hydroxyl groups is 1. The first-order chi connectivity index (χ1) is 12.2. The number of carbonyl (C=O) groups is 1. The lowest BCUT2D eigenvalue weighted by molar-refractivity contribution is 0.0934. The van der Waals surface area contributed by atoms with Gasteiger partial charge in [0.1, 0.15) is 11.5 Å². The number of amides is 1. The van der Waals surface area contributed by atoms with Crippen molar-refractivity contribution in [2.24, 2.45) is 5.92 Å². The fraction of sp³-hybridized carbons (Fsp3) is 0.368. The fourth-order valence-corrected chi connectivity index (χ4v) is 3.70. The molecule has 1 heterocycles. The van der Waals surface area contributed by atoms with E-state index in [-0.39, 0.29) is 30.3 Å². The predicted molar refractivity (Wildman–Crippen MR) is 91.1 cm³/mol. The van der Waals surface area contributed by atoms with Crippen LogP contribution in [0.3, 0.4) is 0 Å². The topological polar surface area (TPSA) is 67.2 Å². The Kier molecular flexibility index (Phi) is 4.13. The molecule has 1 aromatic heterocycles. The second-order valence-electron chi connectivity index (χ2n) is 6.63. The minimum Gasteiger partial charge on any atom is -0.396 e. The summed E-state index contributed by atoms with van der Waals surface area (Å²) in [5.74, 6) is -0.496. The maximum atomic E-state index is 14.2. The number of hydrogen-bond acceptors (Lipinski definition) is 3. The number of nitrogens with one attached hydrogen (secondary N) is 1. The van der Waals surface area contributed by atoms with Crippen molar-refractivity contribution < 1.29 is 14.3 Å². The molecule has 1 aromatic carbocycles. The highest BCUT2D eigenvalue weighted by molar-refractivity contribution is 5.94. The van der Waals surface area contributed by atoms with Crippen LogP contribution in [0.1, 0.15) is 34.6 Å². The lowest BCUT2D eigenvalue weighted by Crippen LogP contribution is -2.33. The molecule has 0 bridgehead atoms. The summed E-state index contributed by atoms with van der Waals surface area (Å²) in [6.07, 6.45) is 7.04. The average molecular weight is 341 g/mol. The molecule has 0 fully saturated rings. The van der Waals surface area contributed by atoms with Crippen molar-refractivity contribution in [2.45, 2.75) is 31.7 Å². The molecule has 0 radical (unpaired) electrons. The largest absolute Gasteiger partial charge is 0.396 e. The molecule has 2 aromatic rings. The number of rotatable bonds is 4. The van der Waals surface area contributed by atoms with E-state index in [9.17, 15) is 14.3 Å². The monoisotopic (exact) mass is 341 g/mol. The smallest absolute Gasteiger partial charge is 0.272 e. The summed E-state index contributed by atoms with van der Waals surface area (Å²) in [6.45, 7) is 0.0835. The van der Waals surface area contributed by atoms with Crippen molar-refractivity contribution >= 4 is 5.91 Å². The lowest BCUT2D eigenvalue weighted by atomic mass is 10.1. The molecule has 25 heavy (non-hydrogen) atoms. The van der Waals surface area contributed by atoms with Crippen LogP contribution in [-0.2, 0) is 12.8 Å². The number of benzene rings is 1.